The Balaban J connectivity index is 2.47. The van der Waals surface area contributed by atoms with Crippen LogP contribution in [-0.4, -0.2) is 24.6 Å². The van der Waals surface area contributed by atoms with Gasteiger partial charge in [0.05, 0.1) is 19.7 Å². The molecule has 0 aliphatic carbocycles. The van der Waals surface area contributed by atoms with Gasteiger partial charge < -0.3 is 14.4 Å². The molecule has 0 aromatic heterocycles. The zero-order valence-corrected chi connectivity index (χ0v) is 11.0. The second-order valence-electron chi connectivity index (χ2n) is 3.63. The van der Waals surface area contributed by atoms with Crippen LogP contribution in [0.15, 0.2) is 18.7 Å². The van der Waals surface area contributed by atoms with Gasteiger partial charge in [0.25, 0.3) is 0 Å². The molecule has 0 amide bonds. The lowest BCUT2D eigenvalue weighted by atomic mass is 10.1. The summed E-state index contributed by atoms with van der Waals surface area (Å²) >= 11 is 3.45. The number of hydrogen-bond acceptors (Lipinski definition) is 3. The average molecular weight is 284 g/mol. The summed E-state index contributed by atoms with van der Waals surface area (Å²) in [5.74, 6) is 1.52. The van der Waals surface area contributed by atoms with Gasteiger partial charge in [-0.3, -0.25) is 0 Å². The molecule has 0 atom stereocenters. The predicted octanol–water partition coefficient (Wildman–Crippen LogP) is 2.84. The van der Waals surface area contributed by atoms with Crippen molar-refractivity contribution in [1.82, 2.24) is 4.90 Å². The number of methoxy groups -OCH3 is 2. The van der Waals surface area contributed by atoms with Crippen molar-refractivity contribution >= 4 is 21.6 Å². The largest absolute Gasteiger partial charge is 0.493 e. The van der Waals surface area contributed by atoms with Crippen molar-refractivity contribution in [3.05, 3.63) is 29.8 Å². The Morgan fingerprint density at radius 1 is 1.31 bits per heavy atom. The first kappa shape index (κ1) is 11.3. The summed E-state index contributed by atoms with van der Waals surface area (Å²) in [6, 6.07) is 4.00. The van der Waals surface area contributed by atoms with Crippen LogP contribution in [0.1, 0.15) is 11.1 Å². The fourth-order valence-electron chi connectivity index (χ4n) is 1.91. The van der Waals surface area contributed by atoms with Crippen LogP contribution in [0.2, 0.25) is 0 Å². The molecular weight excluding hydrogens is 270 g/mol. The van der Waals surface area contributed by atoms with E-state index in [9.17, 15) is 0 Å². The van der Waals surface area contributed by atoms with Gasteiger partial charge in [-0.25, -0.2) is 0 Å². The average Bonchev–Trinajstić information content (AvgIpc) is 2.63. The molecule has 1 heterocycles. The maximum absolute atomic E-state index is 5.28. The fraction of sp³-hybridized carbons (Fsp3) is 0.333. The van der Waals surface area contributed by atoms with E-state index >= 15 is 0 Å². The van der Waals surface area contributed by atoms with Gasteiger partial charge >= 0.3 is 0 Å². The van der Waals surface area contributed by atoms with Gasteiger partial charge in [0.1, 0.15) is 0 Å². The Bertz CT molecular complexity index is 431. The first-order valence-electron chi connectivity index (χ1n) is 4.96. The van der Waals surface area contributed by atoms with Crippen molar-refractivity contribution in [1.29, 1.82) is 0 Å². The number of rotatable bonds is 3. The number of alkyl halides is 1. The van der Waals surface area contributed by atoms with Crippen molar-refractivity contribution in [2.75, 3.05) is 19.7 Å². The van der Waals surface area contributed by atoms with Crippen LogP contribution in [0.5, 0.6) is 11.5 Å². The number of hydrogen-bond donors (Lipinski definition) is 0. The summed E-state index contributed by atoms with van der Waals surface area (Å²) in [5.41, 5.74) is 4.16. The monoisotopic (exact) mass is 283 g/mol. The summed E-state index contributed by atoms with van der Waals surface area (Å²) in [6.07, 6.45) is 0. The Morgan fingerprint density at radius 2 is 1.94 bits per heavy atom. The molecule has 2 rings (SSSR count). The van der Waals surface area contributed by atoms with E-state index in [1.54, 1.807) is 14.2 Å². The minimum atomic E-state index is 0.749. The number of nitrogens with zero attached hydrogens (tertiary/aromatic N) is 1. The Hall–Kier alpha value is -1.16. The highest BCUT2D eigenvalue weighted by Gasteiger charge is 2.23. The maximum atomic E-state index is 5.28. The quantitative estimate of drug-likeness (QED) is 0.629. The second-order valence-corrected chi connectivity index (χ2v) is 4.13. The highest BCUT2D eigenvalue weighted by molar-refractivity contribution is 9.09. The van der Waals surface area contributed by atoms with Gasteiger partial charge in [0, 0.05) is 17.8 Å². The lowest BCUT2D eigenvalue weighted by Gasteiger charge is -2.14. The van der Waals surface area contributed by atoms with E-state index in [2.05, 4.69) is 27.4 Å². The number of benzene rings is 1. The summed E-state index contributed by atoms with van der Waals surface area (Å²) in [6.45, 7) is 4.94. The van der Waals surface area contributed by atoms with Gasteiger partial charge in [-0.05, 0) is 17.7 Å². The van der Waals surface area contributed by atoms with E-state index in [0.29, 0.717) is 0 Å². The molecule has 0 spiro atoms. The van der Waals surface area contributed by atoms with Gasteiger partial charge in [0.2, 0.25) is 0 Å². The van der Waals surface area contributed by atoms with Crippen molar-refractivity contribution in [3.63, 3.8) is 0 Å². The number of fused-ring (bicyclic) bond motifs is 1. The first-order valence-corrected chi connectivity index (χ1v) is 6.08. The van der Waals surface area contributed by atoms with Crippen molar-refractivity contribution in [2.45, 2.75) is 6.54 Å². The van der Waals surface area contributed by atoms with Gasteiger partial charge in [-0.1, -0.05) is 22.5 Å². The van der Waals surface area contributed by atoms with Crippen molar-refractivity contribution in [2.24, 2.45) is 0 Å². The minimum absolute atomic E-state index is 0.749. The van der Waals surface area contributed by atoms with E-state index in [1.807, 2.05) is 12.1 Å². The molecular formula is C12H14BrNO2. The normalized spacial score (nSPS) is 13.9. The Labute approximate surface area is 104 Å². The molecule has 0 fully saturated rings. The van der Waals surface area contributed by atoms with Crippen LogP contribution in [0.3, 0.4) is 0 Å². The molecule has 1 aromatic rings. The van der Waals surface area contributed by atoms with Gasteiger partial charge in [-0.2, -0.15) is 0 Å². The van der Waals surface area contributed by atoms with E-state index < -0.39 is 0 Å². The molecule has 0 saturated carbocycles. The summed E-state index contributed by atoms with van der Waals surface area (Å²) < 4.78 is 10.6. The van der Waals surface area contributed by atoms with Crippen LogP contribution < -0.4 is 9.47 Å². The second kappa shape index (κ2) is 4.37. The van der Waals surface area contributed by atoms with Crippen LogP contribution in [-0.2, 0) is 6.54 Å². The lowest BCUT2D eigenvalue weighted by molar-refractivity contribution is 0.354. The molecule has 86 valence electrons. The zero-order chi connectivity index (χ0) is 11.7. The highest BCUT2D eigenvalue weighted by Crippen LogP contribution is 2.39. The molecule has 16 heavy (non-hydrogen) atoms. The van der Waals surface area contributed by atoms with Crippen molar-refractivity contribution in [3.8, 4) is 11.5 Å². The molecule has 0 saturated heterocycles. The van der Waals surface area contributed by atoms with Crippen molar-refractivity contribution < 1.29 is 9.47 Å². The third-order valence-electron chi connectivity index (χ3n) is 2.81. The zero-order valence-electron chi connectivity index (χ0n) is 9.42. The molecule has 4 heteroatoms. The standard InChI is InChI=1S/C12H14BrNO2/c1-8-10-5-12(16-3)11(15-2)4-9(10)6-14(8)7-13/h4-5H,1,6-7H2,2-3H3. The van der Waals surface area contributed by atoms with Crippen LogP contribution >= 0.6 is 15.9 Å². The third-order valence-corrected chi connectivity index (χ3v) is 3.41. The van der Waals surface area contributed by atoms with Crippen LogP contribution in [0, 0.1) is 0 Å². The van der Waals surface area contributed by atoms with Gasteiger partial charge in [0.15, 0.2) is 11.5 Å². The SMILES string of the molecule is C=C1c2cc(OC)c(OC)cc2CN1CBr. The third kappa shape index (κ3) is 1.67. The molecule has 1 aromatic carbocycles. The van der Waals surface area contributed by atoms with E-state index in [-0.39, 0.29) is 0 Å². The summed E-state index contributed by atoms with van der Waals surface area (Å²) in [4.78, 5) is 2.16. The lowest BCUT2D eigenvalue weighted by Crippen LogP contribution is -2.11. The molecule has 3 nitrogen and oxygen atoms in total. The van der Waals surface area contributed by atoms with E-state index in [4.69, 9.17) is 9.47 Å². The number of ether oxygens (including phenoxy) is 2. The molecule has 0 unspecified atom stereocenters. The Morgan fingerprint density at radius 3 is 2.50 bits per heavy atom. The van der Waals surface area contributed by atoms with Crippen LogP contribution in [0.25, 0.3) is 5.70 Å². The molecule has 0 radical (unpaired) electrons. The molecule has 1 aliphatic heterocycles. The van der Waals surface area contributed by atoms with E-state index in [1.165, 1.54) is 5.56 Å². The van der Waals surface area contributed by atoms with E-state index in [0.717, 1.165) is 34.8 Å². The first-order chi connectivity index (χ1) is 7.71. The predicted molar refractivity (Wildman–Crippen MR) is 67.9 cm³/mol. The summed E-state index contributed by atoms with van der Waals surface area (Å²) in [7, 11) is 3.29. The topological polar surface area (TPSA) is 21.7 Å². The van der Waals surface area contributed by atoms with Gasteiger partial charge in [-0.15, -0.1) is 0 Å². The Kier molecular flexibility index (Phi) is 3.10. The highest BCUT2D eigenvalue weighted by atomic mass is 79.9. The molecule has 0 N–H and O–H groups in total. The smallest absolute Gasteiger partial charge is 0.161 e. The molecule has 0 bridgehead atoms. The molecule has 1 aliphatic rings. The maximum Gasteiger partial charge on any atom is 0.161 e. The summed E-state index contributed by atoms with van der Waals surface area (Å²) in [5, 5.41) is 0. The van der Waals surface area contributed by atoms with Crippen LogP contribution in [0.4, 0.5) is 0 Å². The number of halogens is 1. The minimum Gasteiger partial charge on any atom is -0.493 e. The fourth-order valence-corrected chi connectivity index (χ4v) is 2.39.